The van der Waals surface area contributed by atoms with E-state index in [2.05, 4.69) is 4.98 Å². The van der Waals surface area contributed by atoms with Crippen molar-refractivity contribution in [2.75, 3.05) is 18.1 Å². The molecule has 18 heavy (non-hydrogen) atoms. The fourth-order valence-electron chi connectivity index (χ4n) is 2.01. The summed E-state index contributed by atoms with van der Waals surface area (Å²) in [6, 6.07) is 8.47. The van der Waals surface area contributed by atoms with Crippen molar-refractivity contribution in [2.45, 2.75) is 12.3 Å². The molecule has 3 rings (SSSR count). The molecule has 0 fully saturated rings. The number of aromatic nitrogens is 1. The number of nitrogens with zero attached hydrogens (tertiary/aromatic N) is 2. The fraction of sp³-hybridized carbons (Fsp3) is 0.308. The summed E-state index contributed by atoms with van der Waals surface area (Å²) in [5, 5.41) is 0. The molecule has 1 aliphatic rings. The molecule has 0 aliphatic carbocycles. The highest BCUT2D eigenvalue weighted by Crippen LogP contribution is 2.35. The van der Waals surface area contributed by atoms with Gasteiger partial charge < -0.3 is 9.15 Å². The molecule has 0 atom stereocenters. The number of benzene rings is 1. The van der Waals surface area contributed by atoms with Gasteiger partial charge in [0.25, 0.3) is 0 Å². The third kappa shape index (κ3) is 2.04. The molecule has 1 aromatic heterocycles. The minimum absolute atomic E-state index is 0.357. The summed E-state index contributed by atoms with van der Waals surface area (Å²) in [5.41, 5.74) is 1.73. The monoisotopic (exact) mass is 264 g/mol. The summed E-state index contributed by atoms with van der Waals surface area (Å²) in [4.78, 5) is 6.39. The lowest BCUT2D eigenvalue weighted by molar-refractivity contribution is 0.322. The molecule has 0 radical (unpaired) electrons. The van der Waals surface area contributed by atoms with Crippen molar-refractivity contribution in [3.63, 3.8) is 0 Å². The van der Waals surface area contributed by atoms with E-state index >= 15 is 0 Å². The van der Waals surface area contributed by atoms with Crippen LogP contribution in [0.3, 0.4) is 0 Å². The lowest BCUT2D eigenvalue weighted by atomic mass is 10.2. The van der Waals surface area contributed by atoms with Crippen LogP contribution in [-0.4, -0.2) is 18.1 Å². The molecule has 1 aromatic carbocycles. The Morgan fingerprint density at radius 3 is 3.06 bits per heavy atom. The van der Waals surface area contributed by atoms with Crippen molar-refractivity contribution in [1.82, 2.24) is 4.98 Å². The molecule has 2 aromatic rings. The largest absolute Gasteiger partial charge is 0.491 e. The van der Waals surface area contributed by atoms with Crippen molar-refractivity contribution in [3.05, 3.63) is 36.2 Å². The van der Waals surface area contributed by atoms with Crippen LogP contribution in [0.2, 0.25) is 0 Å². The molecule has 0 spiro atoms. The first-order valence-corrected chi connectivity index (χ1v) is 6.41. The first-order chi connectivity index (χ1) is 8.88. The maximum Gasteiger partial charge on any atom is 0.302 e. The SMILES string of the molecule is ClCc1coc(N2CCCOc3ccccc32)n1. The Kier molecular flexibility index (Phi) is 3.11. The van der Waals surface area contributed by atoms with E-state index in [1.807, 2.05) is 29.2 Å². The molecular formula is C13H13ClN2O2. The number of para-hydroxylation sites is 2. The Morgan fingerprint density at radius 2 is 2.22 bits per heavy atom. The summed E-state index contributed by atoms with van der Waals surface area (Å²) in [7, 11) is 0. The lowest BCUT2D eigenvalue weighted by Crippen LogP contribution is -2.17. The molecule has 0 N–H and O–H groups in total. The van der Waals surface area contributed by atoms with Gasteiger partial charge in [-0.25, -0.2) is 0 Å². The van der Waals surface area contributed by atoms with Gasteiger partial charge >= 0.3 is 6.01 Å². The van der Waals surface area contributed by atoms with Crippen LogP contribution in [0.4, 0.5) is 11.7 Å². The van der Waals surface area contributed by atoms with Crippen LogP contribution in [-0.2, 0) is 5.88 Å². The highest BCUT2D eigenvalue weighted by atomic mass is 35.5. The van der Waals surface area contributed by atoms with E-state index in [4.69, 9.17) is 20.8 Å². The van der Waals surface area contributed by atoms with E-state index in [0.717, 1.165) is 30.1 Å². The Morgan fingerprint density at radius 1 is 1.33 bits per heavy atom. The summed E-state index contributed by atoms with van der Waals surface area (Å²) in [6.07, 6.45) is 2.52. The van der Waals surface area contributed by atoms with E-state index in [0.29, 0.717) is 18.5 Å². The van der Waals surface area contributed by atoms with Crippen LogP contribution in [0.5, 0.6) is 5.75 Å². The van der Waals surface area contributed by atoms with Crippen LogP contribution in [0.1, 0.15) is 12.1 Å². The average molecular weight is 265 g/mol. The van der Waals surface area contributed by atoms with E-state index in [1.54, 1.807) is 6.26 Å². The van der Waals surface area contributed by atoms with Crippen molar-refractivity contribution in [3.8, 4) is 5.75 Å². The molecule has 0 saturated heterocycles. The quantitative estimate of drug-likeness (QED) is 0.780. The molecule has 5 heteroatoms. The van der Waals surface area contributed by atoms with Crippen LogP contribution < -0.4 is 9.64 Å². The number of anilines is 2. The topological polar surface area (TPSA) is 38.5 Å². The minimum atomic E-state index is 0.357. The number of fused-ring (bicyclic) bond motifs is 1. The molecule has 2 heterocycles. The highest BCUT2D eigenvalue weighted by Gasteiger charge is 2.21. The van der Waals surface area contributed by atoms with Crippen LogP contribution in [0.25, 0.3) is 0 Å². The number of ether oxygens (including phenoxy) is 1. The molecule has 0 saturated carbocycles. The van der Waals surface area contributed by atoms with E-state index < -0.39 is 0 Å². The van der Waals surface area contributed by atoms with Gasteiger partial charge in [-0.3, -0.25) is 4.90 Å². The van der Waals surface area contributed by atoms with Gasteiger partial charge in [0.1, 0.15) is 12.0 Å². The third-order valence-corrected chi connectivity index (χ3v) is 3.12. The summed E-state index contributed by atoms with van der Waals surface area (Å²) in [6.45, 7) is 1.52. The summed E-state index contributed by atoms with van der Waals surface area (Å²) >= 11 is 5.75. The van der Waals surface area contributed by atoms with Crippen LogP contribution >= 0.6 is 11.6 Å². The number of halogens is 1. The molecular weight excluding hydrogens is 252 g/mol. The molecule has 94 valence electrons. The van der Waals surface area contributed by atoms with Crippen molar-refractivity contribution in [2.24, 2.45) is 0 Å². The van der Waals surface area contributed by atoms with Gasteiger partial charge in [-0.1, -0.05) is 12.1 Å². The number of hydrogen-bond acceptors (Lipinski definition) is 4. The fourth-order valence-corrected chi connectivity index (χ4v) is 2.13. The number of hydrogen-bond donors (Lipinski definition) is 0. The first kappa shape index (κ1) is 11.4. The van der Waals surface area contributed by atoms with Gasteiger partial charge in [-0.05, 0) is 18.6 Å². The zero-order chi connectivity index (χ0) is 12.4. The Labute approximate surface area is 110 Å². The van der Waals surface area contributed by atoms with Gasteiger partial charge in [0, 0.05) is 6.54 Å². The van der Waals surface area contributed by atoms with Gasteiger partial charge in [-0.2, -0.15) is 4.98 Å². The number of rotatable bonds is 2. The van der Waals surface area contributed by atoms with Crippen LogP contribution in [0.15, 0.2) is 34.9 Å². The van der Waals surface area contributed by atoms with Gasteiger partial charge in [0.2, 0.25) is 0 Å². The standard InChI is InChI=1S/C13H13ClN2O2/c14-8-10-9-18-13(15-10)16-6-3-7-17-12-5-2-1-4-11(12)16/h1-2,4-5,9H,3,6-8H2. The third-order valence-electron chi connectivity index (χ3n) is 2.85. The molecule has 4 nitrogen and oxygen atoms in total. The Bertz CT molecular complexity index is 541. The summed E-state index contributed by atoms with van der Waals surface area (Å²) < 4.78 is 11.2. The Hall–Kier alpha value is -1.68. The minimum Gasteiger partial charge on any atom is -0.491 e. The lowest BCUT2D eigenvalue weighted by Gasteiger charge is -2.19. The molecule has 0 amide bonds. The van der Waals surface area contributed by atoms with Gasteiger partial charge in [0.05, 0.1) is 23.9 Å². The normalized spacial score (nSPS) is 14.8. The predicted octanol–water partition coefficient (Wildman–Crippen LogP) is 3.33. The second-order valence-corrected chi connectivity index (χ2v) is 4.34. The van der Waals surface area contributed by atoms with Gasteiger partial charge in [-0.15, -0.1) is 11.6 Å². The van der Waals surface area contributed by atoms with E-state index in [1.165, 1.54) is 0 Å². The maximum atomic E-state index is 5.75. The van der Waals surface area contributed by atoms with Crippen molar-refractivity contribution in [1.29, 1.82) is 0 Å². The van der Waals surface area contributed by atoms with E-state index in [-0.39, 0.29) is 0 Å². The first-order valence-electron chi connectivity index (χ1n) is 5.88. The van der Waals surface area contributed by atoms with Crippen LogP contribution in [0, 0.1) is 0 Å². The van der Waals surface area contributed by atoms with Crippen molar-refractivity contribution < 1.29 is 9.15 Å². The van der Waals surface area contributed by atoms with Crippen molar-refractivity contribution >= 4 is 23.3 Å². The number of alkyl halides is 1. The molecule has 0 unspecified atom stereocenters. The van der Waals surface area contributed by atoms with E-state index in [9.17, 15) is 0 Å². The maximum absolute atomic E-state index is 5.75. The Balaban J connectivity index is 2.00. The predicted molar refractivity (Wildman–Crippen MR) is 69.6 cm³/mol. The smallest absolute Gasteiger partial charge is 0.302 e. The molecule has 0 bridgehead atoms. The zero-order valence-electron chi connectivity index (χ0n) is 9.80. The second kappa shape index (κ2) is 4.90. The zero-order valence-corrected chi connectivity index (χ0v) is 10.6. The average Bonchev–Trinajstić information content (AvgIpc) is 2.78. The van der Waals surface area contributed by atoms with Gasteiger partial charge in [0.15, 0.2) is 0 Å². The number of oxazole rings is 1. The highest BCUT2D eigenvalue weighted by molar-refractivity contribution is 6.16. The second-order valence-electron chi connectivity index (χ2n) is 4.08. The summed E-state index contributed by atoms with van der Waals surface area (Å²) in [5.74, 6) is 1.22. The molecule has 1 aliphatic heterocycles.